The molecule has 3 rings (SSSR count). The molecule has 0 spiro atoms. The van der Waals surface area contributed by atoms with Gasteiger partial charge in [0.25, 0.3) is 0 Å². The average molecular weight is 292 g/mol. The van der Waals surface area contributed by atoms with Gasteiger partial charge >= 0.3 is 6.18 Å². The van der Waals surface area contributed by atoms with Gasteiger partial charge in [-0.2, -0.15) is 18.3 Å². The first-order chi connectivity index (χ1) is 9.93. The molecule has 3 aromatic rings. The number of benzene rings is 2. The number of aromatic amines is 1. The topological polar surface area (TPSA) is 66.7 Å². The van der Waals surface area contributed by atoms with Crippen LogP contribution in [0.15, 0.2) is 42.6 Å². The molecule has 108 valence electrons. The Kier molecular flexibility index (Phi) is 2.97. The second-order valence-corrected chi connectivity index (χ2v) is 4.60. The largest absolute Gasteiger partial charge is 0.416 e. The van der Waals surface area contributed by atoms with E-state index in [0.29, 0.717) is 17.1 Å². The minimum absolute atomic E-state index is 0.315. The molecule has 0 amide bonds. The van der Waals surface area contributed by atoms with Crippen LogP contribution in [0.5, 0.6) is 0 Å². The van der Waals surface area contributed by atoms with Crippen LogP contribution in [0.25, 0.3) is 10.9 Å². The maximum Gasteiger partial charge on any atom is 0.416 e. The highest BCUT2D eigenvalue weighted by Crippen LogP contribution is 2.33. The van der Waals surface area contributed by atoms with Gasteiger partial charge in [0.05, 0.1) is 28.7 Å². The van der Waals surface area contributed by atoms with E-state index in [1.165, 1.54) is 6.07 Å². The molecule has 4 N–H and O–H groups in total. The van der Waals surface area contributed by atoms with Gasteiger partial charge < -0.3 is 11.1 Å². The fourth-order valence-corrected chi connectivity index (χ4v) is 2.05. The number of hydrogen-bond donors (Lipinski definition) is 3. The molecule has 7 heteroatoms. The summed E-state index contributed by atoms with van der Waals surface area (Å²) in [5, 5.41) is 10.4. The van der Waals surface area contributed by atoms with Gasteiger partial charge in [0.15, 0.2) is 0 Å². The Morgan fingerprint density at radius 1 is 1.14 bits per heavy atom. The Balaban J connectivity index is 1.96. The van der Waals surface area contributed by atoms with Crippen molar-refractivity contribution in [1.29, 1.82) is 0 Å². The molecule has 0 unspecified atom stereocenters. The van der Waals surface area contributed by atoms with Crippen LogP contribution in [0, 0.1) is 0 Å². The normalized spacial score (nSPS) is 11.8. The second kappa shape index (κ2) is 4.69. The van der Waals surface area contributed by atoms with Gasteiger partial charge in [-0.15, -0.1) is 0 Å². The Bertz CT molecular complexity index is 792. The van der Waals surface area contributed by atoms with E-state index in [4.69, 9.17) is 5.73 Å². The second-order valence-electron chi connectivity index (χ2n) is 4.60. The zero-order chi connectivity index (χ0) is 15.0. The minimum Gasteiger partial charge on any atom is -0.397 e. The lowest BCUT2D eigenvalue weighted by Gasteiger charge is -2.12. The predicted molar refractivity (Wildman–Crippen MR) is 75.2 cm³/mol. The number of alkyl halides is 3. The molecule has 1 aromatic heterocycles. The molecule has 0 saturated heterocycles. The smallest absolute Gasteiger partial charge is 0.397 e. The third-order valence-electron chi connectivity index (χ3n) is 3.08. The molecule has 0 aliphatic carbocycles. The van der Waals surface area contributed by atoms with Crippen molar-refractivity contribution in [3.8, 4) is 0 Å². The number of nitrogens with two attached hydrogens (primary N) is 1. The van der Waals surface area contributed by atoms with Crippen molar-refractivity contribution in [2.24, 2.45) is 0 Å². The number of hydrogen-bond acceptors (Lipinski definition) is 3. The lowest BCUT2D eigenvalue weighted by molar-refractivity contribution is -0.137. The molecular weight excluding hydrogens is 281 g/mol. The van der Waals surface area contributed by atoms with Crippen LogP contribution in [-0.2, 0) is 6.18 Å². The molecule has 2 aromatic carbocycles. The monoisotopic (exact) mass is 292 g/mol. The molecule has 0 aliphatic heterocycles. The van der Waals surface area contributed by atoms with Crippen molar-refractivity contribution in [2.75, 3.05) is 11.1 Å². The Morgan fingerprint density at radius 3 is 2.71 bits per heavy atom. The summed E-state index contributed by atoms with van der Waals surface area (Å²) in [7, 11) is 0. The van der Waals surface area contributed by atoms with E-state index >= 15 is 0 Å². The maximum atomic E-state index is 12.7. The zero-order valence-corrected chi connectivity index (χ0v) is 10.7. The minimum atomic E-state index is -4.38. The summed E-state index contributed by atoms with van der Waals surface area (Å²) in [6.45, 7) is 0. The molecule has 0 bridgehead atoms. The summed E-state index contributed by atoms with van der Waals surface area (Å²) in [6, 6.07) is 8.36. The zero-order valence-electron chi connectivity index (χ0n) is 10.7. The van der Waals surface area contributed by atoms with Crippen molar-refractivity contribution >= 4 is 28.0 Å². The lowest BCUT2D eigenvalue weighted by Crippen LogP contribution is -2.05. The van der Waals surface area contributed by atoms with E-state index in [-0.39, 0.29) is 0 Å². The van der Waals surface area contributed by atoms with Crippen LogP contribution < -0.4 is 11.1 Å². The molecule has 0 fully saturated rings. The van der Waals surface area contributed by atoms with Crippen molar-refractivity contribution < 1.29 is 13.2 Å². The van der Waals surface area contributed by atoms with E-state index < -0.39 is 11.7 Å². The number of H-pyrrole nitrogens is 1. The Hall–Kier alpha value is -2.70. The summed E-state index contributed by atoms with van der Waals surface area (Å²) in [4.78, 5) is 0. The number of nitrogen functional groups attached to an aromatic ring is 1. The van der Waals surface area contributed by atoms with E-state index in [2.05, 4.69) is 15.5 Å². The number of rotatable bonds is 2. The van der Waals surface area contributed by atoms with E-state index in [1.54, 1.807) is 24.4 Å². The summed E-state index contributed by atoms with van der Waals surface area (Å²) < 4.78 is 38.1. The summed E-state index contributed by atoms with van der Waals surface area (Å²) in [5.41, 5.74) is 7.19. The number of aromatic nitrogens is 2. The first-order valence-electron chi connectivity index (χ1n) is 6.10. The number of anilines is 3. The van der Waals surface area contributed by atoms with Crippen LogP contribution in [0.3, 0.4) is 0 Å². The third-order valence-corrected chi connectivity index (χ3v) is 3.08. The first kappa shape index (κ1) is 13.3. The SMILES string of the molecule is Nc1cc2cn[nH]c2cc1Nc1cccc(C(F)(F)F)c1. The Morgan fingerprint density at radius 2 is 1.95 bits per heavy atom. The van der Waals surface area contributed by atoms with Crippen LogP contribution >= 0.6 is 0 Å². The summed E-state index contributed by atoms with van der Waals surface area (Å²) >= 11 is 0. The number of nitrogens with zero attached hydrogens (tertiary/aromatic N) is 1. The van der Waals surface area contributed by atoms with Crippen LogP contribution in [0.4, 0.5) is 30.2 Å². The fraction of sp³-hybridized carbons (Fsp3) is 0.0714. The van der Waals surface area contributed by atoms with Gasteiger partial charge in [0, 0.05) is 11.1 Å². The van der Waals surface area contributed by atoms with Crippen LogP contribution in [-0.4, -0.2) is 10.2 Å². The van der Waals surface area contributed by atoms with E-state index in [1.807, 2.05) is 0 Å². The molecule has 21 heavy (non-hydrogen) atoms. The predicted octanol–water partition coefficient (Wildman–Crippen LogP) is 3.91. The molecule has 0 atom stereocenters. The highest BCUT2D eigenvalue weighted by Gasteiger charge is 2.30. The van der Waals surface area contributed by atoms with Gasteiger partial charge in [-0.3, -0.25) is 5.10 Å². The maximum absolute atomic E-state index is 12.7. The van der Waals surface area contributed by atoms with Gasteiger partial charge in [-0.25, -0.2) is 0 Å². The molecule has 1 heterocycles. The average Bonchev–Trinajstić information content (AvgIpc) is 2.85. The highest BCUT2D eigenvalue weighted by atomic mass is 19.4. The quantitative estimate of drug-likeness (QED) is 0.627. The highest BCUT2D eigenvalue weighted by molar-refractivity contribution is 5.89. The standard InChI is InChI=1S/C14H11F3N4/c15-14(16,17)9-2-1-3-10(5-9)20-13-6-12-8(4-11(13)18)7-19-21-12/h1-7,20H,18H2,(H,19,21). The molecular formula is C14H11F3N4. The number of halogens is 3. The van der Waals surface area contributed by atoms with Crippen molar-refractivity contribution in [1.82, 2.24) is 10.2 Å². The van der Waals surface area contributed by atoms with Gasteiger partial charge in [-0.05, 0) is 30.3 Å². The third kappa shape index (κ3) is 2.62. The van der Waals surface area contributed by atoms with Crippen molar-refractivity contribution in [3.63, 3.8) is 0 Å². The van der Waals surface area contributed by atoms with Gasteiger partial charge in [-0.1, -0.05) is 6.07 Å². The molecule has 0 radical (unpaired) electrons. The molecule has 0 aliphatic rings. The first-order valence-corrected chi connectivity index (χ1v) is 6.10. The van der Waals surface area contributed by atoms with Crippen LogP contribution in [0.2, 0.25) is 0 Å². The lowest BCUT2D eigenvalue weighted by atomic mass is 10.1. The van der Waals surface area contributed by atoms with Gasteiger partial charge in [0.1, 0.15) is 0 Å². The van der Waals surface area contributed by atoms with E-state index in [9.17, 15) is 13.2 Å². The van der Waals surface area contributed by atoms with Gasteiger partial charge in [0.2, 0.25) is 0 Å². The molecule has 0 saturated carbocycles. The fourth-order valence-electron chi connectivity index (χ4n) is 2.05. The van der Waals surface area contributed by atoms with Crippen molar-refractivity contribution in [2.45, 2.75) is 6.18 Å². The van der Waals surface area contributed by atoms with E-state index in [0.717, 1.165) is 23.0 Å². The number of fused-ring (bicyclic) bond motifs is 1. The summed E-state index contributed by atoms with van der Waals surface area (Å²) in [6.07, 6.45) is -2.75. The Labute approximate surface area is 117 Å². The van der Waals surface area contributed by atoms with Crippen LogP contribution in [0.1, 0.15) is 5.56 Å². The summed E-state index contributed by atoms with van der Waals surface area (Å²) in [5.74, 6) is 0. The van der Waals surface area contributed by atoms with Crippen molar-refractivity contribution in [3.05, 3.63) is 48.2 Å². The number of nitrogens with one attached hydrogen (secondary N) is 2. The molecule has 4 nitrogen and oxygen atoms in total.